The van der Waals surface area contributed by atoms with Crippen LogP contribution in [-0.4, -0.2) is 4.98 Å². The van der Waals surface area contributed by atoms with Gasteiger partial charge in [-0.05, 0) is 40.8 Å². The molecular formula is C18H10INO2. The second-order valence-electron chi connectivity index (χ2n) is 5.26. The summed E-state index contributed by atoms with van der Waals surface area (Å²) in [5.41, 5.74) is 2.18. The highest BCUT2D eigenvalue weighted by Gasteiger charge is 2.24. The third kappa shape index (κ3) is 1.61. The molecule has 3 aromatic carbocycles. The smallest absolute Gasteiger partial charge is 0.184 e. The molecule has 1 aliphatic rings. The number of H-pyrrole nitrogens is 1. The van der Waals surface area contributed by atoms with Crippen LogP contribution in [0, 0.1) is 3.57 Å². The van der Waals surface area contributed by atoms with Crippen LogP contribution in [0.4, 0.5) is 0 Å². The van der Waals surface area contributed by atoms with Gasteiger partial charge in [0.2, 0.25) is 0 Å². The fourth-order valence-electron chi connectivity index (χ4n) is 2.94. The van der Waals surface area contributed by atoms with Gasteiger partial charge >= 0.3 is 0 Å². The van der Waals surface area contributed by atoms with Gasteiger partial charge in [-0.2, -0.15) is 0 Å². The van der Waals surface area contributed by atoms with Gasteiger partial charge in [-0.3, -0.25) is 0 Å². The molecule has 0 aliphatic carbocycles. The topological polar surface area (TPSA) is 34.2 Å². The maximum Gasteiger partial charge on any atom is 0.184 e. The van der Waals surface area contributed by atoms with Gasteiger partial charge in [0.25, 0.3) is 0 Å². The SMILES string of the molecule is Ic1c2c(cc3[nH]c4ccccc4c13)Oc1ccccc1O2. The molecule has 0 amide bonds. The first-order valence-corrected chi connectivity index (χ1v) is 8.07. The zero-order valence-electron chi connectivity index (χ0n) is 11.4. The maximum absolute atomic E-state index is 6.09. The molecule has 1 N–H and O–H groups in total. The van der Waals surface area contributed by atoms with E-state index < -0.39 is 0 Å². The Morgan fingerprint density at radius 3 is 2.36 bits per heavy atom. The molecule has 106 valence electrons. The number of para-hydroxylation sites is 3. The molecule has 0 atom stereocenters. The maximum atomic E-state index is 6.09. The van der Waals surface area contributed by atoms with Crippen molar-refractivity contribution in [3.8, 4) is 23.0 Å². The first-order valence-electron chi connectivity index (χ1n) is 6.99. The van der Waals surface area contributed by atoms with Crippen molar-refractivity contribution in [1.29, 1.82) is 0 Å². The highest BCUT2D eigenvalue weighted by atomic mass is 127. The third-order valence-corrected chi connectivity index (χ3v) is 4.96. The number of halogens is 1. The standard InChI is InChI=1S/C18H10INO2/c19-17-16-10-5-1-2-6-11(10)20-12(16)9-15-18(17)22-14-8-4-3-7-13(14)21-15/h1-9,20H. The van der Waals surface area contributed by atoms with Crippen molar-refractivity contribution in [2.75, 3.05) is 0 Å². The Balaban J connectivity index is 1.84. The summed E-state index contributed by atoms with van der Waals surface area (Å²) in [7, 11) is 0. The molecule has 5 rings (SSSR count). The number of hydrogen-bond acceptors (Lipinski definition) is 2. The van der Waals surface area contributed by atoms with Gasteiger partial charge in [0.15, 0.2) is 23.0 Å². The summed E-state index contributed by atoms with van der Waals surface area (Å²) < 4.78 is 13.2. The third-order valence-electron chi connectivity index (χ3n) is 3.93. The zero-order valence-corrected chi connectivity index (χ0v) is 13.5. The molecule has 0 spiro atoms. The van der Waals surface area contributed by atoms with Crippen LogP contribution in [0.2, 0.25) is 0 Å². The normalized spacial score (nSPS) is 12.6. The Hall–Kier alpha value is -2.21. The average Bonchev–Trinajstić information content (AvgIpc) is 2.92. The summed E-state index contributed by atoms with van der Waals surface area (Å²) in [6, 6.07) is 18.0. The van der Waals surface area contributed by atoms with Gasteiger partial charge < -0.3 is 14.5 Å². The molecular weight excluding hydrogens is 389 g/mol. The van der Waals surface area contributed by atoms with E-state index in [4.69, 9.17) is 9.47 Å². The summed E-state index contributed by atoms with van der Waals surface area (Å²) >= 11 is 2.34. The molecule has 22 heavy (non-hydrogen) atoms. The van der Waals surface area contributed by atoms with Gasteiger partial charge in [-0.15, -0.1) is 0 Å². The monoisotopic (exact) mass is 399 g/mol. The molecule has 0 saturated heterocycles. The molecule has 0 unspecified atom stereocenters. The largest absolute Gasteiger partial charge is 0.449 e. The summed E-state index contributed by atoms with van der Waals surface area (Å²) in [6.45, 7) is 0. The Bertz CT molecular complexity index is 1050. The number of benzene rings is 3. The number of aromatic nitrogens is 1. The summed E-state index contributed by atoms with van der Waals surface area (Å²) in [5.74, 6) is 3.05. The number of rotatable bonds is 0. The highest BCUT2D eigenvalue weighted by Crippen LogP contribution is 2.50. The van der Waals surface area contributed by atoms with Crippen LogP contribution < -0.4 is 9.47 Å². The van der Waals surface area contributed by atoms with E-state index in [-0.39, 0.29) is 0 Å². The van der Waals surface area contributed by atoms with E-state index in [2.05, 4.69) is 45.8 Å². The molecule has 0 bridgehead atoms. The van der Waals surface area contributed by atoms with E-state index >= 15 is 0 Å². The number of ether oxygens (including phenoxy) is 2. The van der Waals surface area contributed by atoms with Crippen molar-refractivity contribution in [3.05, 3.63) is 58.2 Å². The molecule has 4 aromatic rings. The van der Waals surface area contributed by atoms with Gasteiger partial charge in [-0.1, -0.05) is 30.3 Å². The predicted octanol–water partition coefficient (Wildman–Crippen LogP) is 5.82. The predicted molar refractivity (Wildman–Crippen MR) is 95.1 cm³/mol. The lowest BCUT2D eigenvalue weighted by Crippen LogP contribution is -2.00. The van der Waals surface area contributed by atoms with Crippen LogP contribution in [0.1, 0.15) is 0 Å². The van der Waals surface area contributed by atoms with E-state index in [1.54, 1.807) is 0 Å². The first-order chi connectivity index (χ1) is 10.8. The molecule has 0 saturated carbocycles. The molecule has 1 aromatic heterocycles. The molecule has 3 nitrogen and oxygen atoms in total. The van der Waals surface area contributed by atoms with Crippen molar-refractivity contribution in [1.82, 2.24) is 4.98 Å². The Labute approximate surface area is 140 Å². The zero-order chi connectivity index (χ0) is 14.7. The van der Waals surface area contributed by atoms with Gasteiger partial charge in [0, 0.05) is 22.4 Å². The molecule has 0 fully saturated rings. The lowest BCUT2D eigenvalue weighted by molar-refractivity contribution is 0.358. The summed E-state index contributed by atoms with van der Waals surface area (Å²) in [4.78, 5) is 3.45. The van der Waals surface area contributed by atoms with Crippen molar-refractivity contribution in [2.45, 2.75) is 0 Å². The highest BCUT2D eigenvalue weighted by molar-refractivity contribution is 14.1. The van der Waals surface area contributed by atoms with E-state index in [1.807, 2.05) is 36.4 Å². The van der Waals surface area contributed by atoms with Crippen LogP contribution >= 0.6 is 22.6 Å². The number of fused-ring (bicyclic) bond motifs is 5. The van der Waals surface area contributed by atoms with E-state index in [9.17, 15) is 0 Å². The second-order valence-corrected chi connectivity index (χ2v) is 6.34. The van der Waals surface area contributed by atoms with Crippen LogP contribution in [0.5, 0.6) is 23.0 Å². The van der Waals surface area contributed by atoms with E-state index in [1.165, 1.54) is 10.8 Å². The van der Waals surface area contributed by atoms with Crippen molar-refractivity contribution in [2.24, 2.45) is 0 Å². The van der Waals surface area contributed by atoms with Crippen molar-refractivity contribution in [3.63, 3.8) is 0 Å². The molecule has 4 heteroatoms. The van der Waals surface area contributed by atoms with Crippen LogP contribution in [-0.2, 0) is 0 Å². The lowest BCUT2D eigenvalue weighted by atomic mass is 10.1. The number of hydrogen-bond donors (Lipinski definition) is 1. The van der Waals surface area contributed by atoms with Crippen molar-refractivity contribution < 1.29 is 9.47 Å². The van der Waals surface area contributed by atoms with Crippen molar-refractivity contribution >= 4 is 44.4 Å². The average molecular weight is 399 g/mol. The van der Waals surface area contributed by atoms with Gasteiger partial charge in [-0.25, -0.2) is 0 Å². The van der Waals surface area contributed by atoms with Gasteiger partial charge in [0.05, 0.1) is 9.09 Å². The fourth-order valence-corrected chi connectivity index (χ4v) is 3.90. The molecule has 2 heterocycles. The van der Waals surface area contributed by atoms with E-state index in [0.717, 1.165) is 37.6 Å². The summed E-state index contributed by atoms with van der Waals surface area (Å²) in [5, 5.41) is 2.38. The van der Waals surface area contributed by atoms with Crippen LogP contribution in [0.25, 0.3) is 21.8 Å². The van der Waals surface area contributed by atoms with Gasteiger partial charge in [0.1, 0.15) is 0 Å². The number of nitrogens with one attached hydrogen (secondary N) is 1. The Kier molecular flexibility index (Phi) is 2.47. The quantitative estimate of drug-likeness (QED) is 0.333. The minimum Gasteiger partial charge on any atom is -0.449 e. The van der Waals surface area contributed by atoms with Crippen LogP contribution in [0.15, 0.2) is 54.6 Å². The Morgan fingerprint density at radius 1 is 0.773 bits per heavy atom. The number of aromatic amines is 1. The molecule has 1 aliphatic heterocycles. The first kappa shape index (κ1) is 12.3. The van der Waals surface area contributed by atoms with Crippen LogP contribution in [0.3, 0.4) is 0 Å². The van der Waals surface area contributed by atoms with E-state index in [0.29, 0.717) is 0 Å². The molecule has 0 radical (unpaired) electrons. The second kappa shape index (κ2) is 4.39. The summed E-state index contributed by atoms with van der Waals surface area (Å²) in [6.07, 6.45) is 0. The lowest BCUT2D eigenvalue weighted by Gasteiger charge is -2.21. The fraction of sp³-hybridized carbons (Fsp3) is 0. The minimum absolute atomic E-state index is 0.751. The Morgan fingerprint density at radius 2 is 1.50 bits per heavy atom. The minimum atomic E-state index is 0.751.